The lowest BCUT2D eigenvalue weighted by atomic mass is 9.91. The second-order valence-corrected chi connectivity index (χ2v) is 4.45. The summed E-state index contributed by atoms with van der Waals surface area (Å²) >= 11 is 0. The standard InChI is InChI=1S/C11H12F3N3O2/c12-11(13,14)10(19)1-3-17(4-2-10)9-15-5-8(7-18)6-16-9/h5-7,19H,1-4H2. The summed E-state index contributed by atoms with van der Waals surface area (Å²) in [6, 6.07) is 0. The molecule has 0 saturated carbocycles. The molecule has 104 valence electrons. The fraction of sp³-hybridized carbons (Fsp3) is 0.545. The van der Waals surface area contributed by atoms with E-state index in [-0.39, 0.29) is 19.0 Å². The SMILES string of the molecule is O=Cc1cnc(N2CCC(O)(C(F)(F)F)CC2)nc1. The number of aliphatic hydroxyl groups is 1. The molecule has 0 aliphatic carbocycles. The molecule has 1 aliphatic rings. The Morgan fingerprint density at radius 1 is 1.26 bits per heavy atom. The van der Waals surface area contributed by atoms with Gasteiger partial charge in [0.1, 0.15) is 0 Å². The van der Waals surface area contributed by atoms with E-state index in [1.807, 2.05) is 0 Å². The van der Waals surface area contributed by atoms with Gasteiger partial charge in [0.15, 0.2) is 11.9 Å². The molecule has 2 heterocycles. The summed E-state index contributed by atoms with van der Waals surface area (Å²) in [5.41, 5.74) is -2.33. The molecule has 1 aromatic heterocycles. The fourth-order valence-corrected chi connectivity index (χ4v) is 1.92. The molecule has 0 spiro atoms. The molecule has 0 aromatic carbocycles. The summed E-state index contributed by atoms with van der Waals surface area (Å²) in [7, 11) is 0. The molecule has 0 amide bonds. The number of carbonyl (C=O) groups is 1. The molecule has 19 heavy (non-hydrogen) atoms. The van der Waals surface area contributed by atoms with E-state index in [9.17, 15) is 23.1 Å². The Hall–Kier alpha value is -1.70. The van der Waals surface area contributed by atoms with Crippen LogP contribution < -0.4 is 4.90 Å². The fourth-order valence-electron chi connectivity index (χ4n) is 1.92. The maximum atomic E-state index is 12.6. The Balaban J connectivity index is 2.05. The van der Waals surface area contributed by atoms with Gasteiger partial charge in [0.25, 0.3) is 0 Å². The molecule has 1 aromatic rings. The minimum atomic E-state index is -4.62. The summed E-state index contributed by atoms with van der Waals surface area (Å²) in [5.74, 6) is 0.259. The molecule has 1 N–H and O–H groups in total. The molecule has 1 saturated heterocycles. The van der Waals surface area contributed by atoms with Gasteiger partial charge in [-0.3, -0.25) is 4.79 Å². The average molecular weight is 275 g/mol. The van der Waals surface area contributed by atoms with Gasteiger partial charge in [0.2, 0.25) is 5.95 Å². The van der Waals surface area contributed by atoms with Crippen LogP contribution in [0.1, 0.15) is 23.2 Å². The summed E-state index contributed by atoms with van der Waals surface area (Å²) in [6.07, 6.45) is -2.27. The second-order valence-electron chi connectivity index (χ2n) is 4.45. The molecule has 0 unspecified atom stereocenters. The number of alkyl halides is 3. The van der Waals surface area contributed by atoms with Crippen LogP contribution >= 0.6 is 0 Å². The van der Waals surface area contributed by atoms with Crippen molar-refractivity contribution in [3.8, 4) is 0 Å². The lowest BCUT2D eigenvalue weighted by Gasteiger charge is -2.39. The van der Waals surface area contributed by atoms with E-state index in [4.69, 9.17) is 0 Å². The second kappa shape index (κ2) is 4.76. The van der Waals surface area contributed by atoms with Gasteiger partial charge in [-0.25, -0.2) is 9.97 Å². The van der Waals surface area contributed by atoms with Gasteiger partial charge < -0.3 is 10.0 Å². The van der Waals surface area contributed by atoms with E-state index in [2.05, 4.69) is 9.97 Å². The van der Waals surface area contributed by atoms with Crippen molar-refractivity contribution in [2.45, 2.75) is 24.6 Å². The number of hydrogen-bond donors (Lipinski definition) is 1. The Morgan fingerprint density at radius 3 is 2.21 bits per heavy atom. The van der Waals surface area contributed by atoms with Crippen LogP contribution in [-0.4, -0.2) is 46.2 Å². The molecule has 5 nitrogen and oxygen atoms in total. The Labute approximate surface area is 107 Å². The summed E-state index contributed by atoms with van der Waals surface area (Å²) < 4.78 is 37.8. The molecule has 0 atom stereocenters. The number of carbonyl (C=O) groups excluding carboxylic acids is 1. The predicted octanol–water partition coefficient (Wildman–Crippen LogP) is 1.18. The monoisotopic (exact) mass is 275 g/mol. The van der Waals surface area contributed by atoms with Crippen molar-refractivity contribution in [2.75, 3.05) is 18.0 Å². The Kier molecular flexibility index (Phi) is 3.44. The highest BCUT2D eigenvalue weighted by Gasteiger charge is 2.54. The summed E-state index contributed by atoms with van der Waals surface area (Å²) in [4.78, 5) is 19.8. The average Bonchev–Trinajstić information content (AvgIpc) is 2.39. The maximum Gasteiger partial charge on any atom is 0.417 e. The highest BCUT2D eigenvalue weighted by molar-refractivity contribution is 5.73. The van der Waals surface area contributed by atoms with Crippen LogP contribution in [0, 0.1) is 0 Å². The van der Waals surface area contributed by atoms with Crippen molar-refractivity contribution in [1.82, 2.24) is 9.97 Å². The van der Waals surface area contributed by atoms with E-state index in [0.717, 1.165) is 0 Å². The van der Waals surface area contributed by atoms with Gasteiger partial charge in [-0.2, -0.15) is 13.2 Å². The first-order chi connectivity index (χ1) is 8.86. The van der Waals surface area contributed by atoms with Crippen LogP contribution in [0.15, 0.2) is 12.4 Å². The number of piperidine rings is 1. The number of halogens is 3. The van der Waals surface area contributed by atoms with Gasteiger partial charge in [-0.05, 0) is 0 Å². The van der Waals surface area contributed by atoms with E-state index in [1.165, 1.54) is 12.4 Å². The molecule has 8 heteroatoms. The number of anilines is 1. The van der Waals surface area contributed by atoms with Gasteiger partial charge in [0.05, 0.1) is 5.56 Å². The lowest BCUT2D eigenvalue weighted by Crippen LogP contribution is -2.53. The zero-order valence-corrected chi connectivity index (χ0v) is 9.89. The lowest BCUT2D eigenvalue weighted by molar-refractivity contribution is -0.266. The van der Waals surface area contributed by atoms with Gasteiger partial charge in [-0.15, -0.1) is 0 Å². The minimum Gasteiger partial charge on any atom is -0.380 e. The van der Waals surface area contributed by atoms with E-state index >= 15 is 0 Å². The highest BCUT2D eigenvalue weighted by Crippen LogP contribution is 2.38. The number of aldehydes is 1. The van der Waals surface area contributed by atoms with Crippen LogP contribution in [0.2, 0.25) is 0 Å². The molecule has 2 rings (SSSR count). The third-order valence-electron chi connectivity index (χ3n) is 3.20. The molecular weight excluding hydrogens is 263 g/mol. The third kappa shape index (κ3) is 2.67. The van der Waals surface area contributed by atoms with E-state index < -0.39 is 24.6 Å². The zero-order chi connectivity index (χ0) is 14.1. The first-order valence-electron chi connectivity index (χ1n) is 5.67. The quantitative estimate of drug-likeness (QED) is 0.821. The van der Waals surface area contributed by atoms with Crippen LogP contribution in [0.25, 0.3) is 0 Å². The highest BCUT2D eigenvalue weighted by atomic mass is 19.4. The van der Waals surface area contributed by atoms with Crippen molar-refractivity contribution < 1.29 is 23.1 Å². The van der Waals surface area contributed by atoms with Gasteiger partial charge >= 0.3 is 6.18 Å². The number of hydrogen-bond acceptors (Lipinski definition) is 5. The van der Waals surface area contributed by atoms with Crippen LogP contribution in [-0.2, 0) is 0 Å². The third-order valence-corrected chi connectivity index (χ3v) is 3.20. The van der Waals surface area contributed by atoms with Crippen LogP contribution in [0.3, 0.4) is 0 Å². The molecule has 1 fully saturated rings. The Bertz CT molecular complexity index is 453. The van der Waals surface area contributed by atoms with Gasteiger partial charge in [0, 0.05) is 38.3 Å². The van der Waals surface area contributed by atoms with E-state index in [0.29, 0.717) is 11.8 Å². The molecule has 0 radical (unpaired) electrons. The topological polar surface area (TPSA) is 66.3 Å². The van der Waals surface area contributed by atoms with Crippen LogP contribution in [0.5, 0.6) is 0 Å². The van der Waals surface area contributed by atoms with Crippen molar-refractivity contribution in [1.29, 1.82) is 0 Å². The molecule has 1 aliphatic heterocycles. The first kappa shape index (κ1) is 13.7. The number of nitrogens with zero attached hydrogens (tertiary/aromatic N) is 3. The van der Waals surface area contributed by atoms with Crippen molar-refractivity contribution in [3.05, 3.63) is 18.0 Å². The van der Waals surface area contributed by atoms with Crippen LogP contribution in [0.4, 0.5) is 19.1 Å². The van der Waals surface area contributed by atoms with Crippen molar-refractivity contribution in [2.24, 2.45) is 0 Å². The number of rotatable bonds is 2. The zero-order valence-electron chi connectivity index (χ0n) is 9.89. The smallest absolute Gasteiger partial charge is 0.380 e. The molecular formula is C11H12F3N3O2. The number of aromatic nitrogens is 2. The maximum absolute atomic E-state index is 12.6. The largest absolute Gasteiger partial charge is 0.417 e. The predicted molar refractivity (Wildman–Crippen MR) is 59.9 cm³/mol. The van der Waals surface area contributed by atoms with Crippen molar-refractivity contribution in [3.63, 3.8) is 0 Å². The minimum absolute atomic E-state index is 0.0104. The summed E-state index contributed by atoms with van der Waals surface area (Å²) in [6.45, 7) is 0.0207. The van der Waals surface area contributed by atoms with E-state index in [1.54, 1.807) is 4.90 Å². The van der Waals surface area contributed by atoms with Gasteiger partial charge in [-0.1, -0.05) is 0 Å². The van der Waals surface area contributed by atoms with Crippen molar-refractivity contribution >= 4 is 12.2 Å². The molecule has 0 bridgehead atoms. The first-order valence-corrected chi connectivity index (χ1v) is 5.67. The Morgan fingerprint density at radius 2 is 1.79 bits per heavy atom. The summed E-state index contributed by atoms with van der Waals surface area (Å²) in [5, 5.41) is 9.52. The normalized spacial score (nSPS) is 19.3.